The van der Waals surface area contributed by atoms with E-state index in [1.807, 2.05) is 6.92 Å². The fourth-order valence-corrected chi connectivity index (χ4v) is 5.41. The molecule has 0 aliphatic carbocycles. The minimum absolute atomic E-state index is 0.0475. The molecule has 4 nitrogen and oxygen atoms in total. The van der Waals surface area contributed by atoms with E-state index in [1.165, 1.54) is 0 Å². The van der Waals surface area contributed by atoms with Gasteiger partial charge in [0.25, 0.3) is 0 Å². The second-order valence-electron chi connectivity index (χ2n) is 5.15. The number of nitrogens with zero attached hydrogens (tertiary/aromatic N) is 1. The van der Waals surface area contributed by atoms with Crippen molar-refractivity contribution < 1.29 is 8.42 Å². The third kappa shape index (κ3) is 3.79. The van der Waals surface area contributed by atoms with Gasteiger partial charge in [0, 0.05) is 17.1 Å². The number of rotatable bonds is 5. The highest BCUT2D eigenvalue weighted by Gasteiger charge is 2.33. The van der Waals surface area contributed by atoms with E-state index in [2.05, 4.69) is 21.2 Å². The van der Waals surface area contributed by atoms with Crippen LogP contribution in [-0.2, 0) is 10.0 Å². The summed E-state index contributed by atoms with van der Waals surface area (Å²) in [6.07, 6.45) is 2.46. The molecule has 0 bridgehead atoms. The molecule has 7 heteroatoms. The Kier molecular flexibility index (Phi) is 6.08. The second kappa shape index (κ2) is 7.42. The zero-order chi connectivity index (χ0) is 15.5. The van der Waals surface area contributed by atoms with Gasteiger partial charge in [0.1, 0.15) is 4.90 Å². The molecule has 1 aromatic carbocycles. The predicted molar refractivity (Wildman–Crippen MR) is 89.2 cm³/mol. The molecule has 21 heavy (non-hydrogen) atoms. The molecule has 0 aromatic heterocycles. The molecule has 0 amide bonds. The molecule has 1 heterocycles. The minimum Gasteiger partial charge on any atom is -0.317 e. The summed E-state index contributed by atoms with van der Waals surface area (Å²) in [6.45, 7) is 4.22. The van der Waals surface area contributed by atoms with Crippen LogP contribution in [-0.4, -0.2) is 38.4 Å². The van der Waals surface area contributed by atoms with Gasteiger partial charge < -0.3 is 5.32 Å². The lowest BCUT2D eigenvalue weighted by Crippen LogP contribution is -2.46. The van der Waals surface area contributed by atoms with E-state index in [0.29, 0.717) is 11.0 Å². The molecule has 1 aliphatic heterocycles. The van der Waals surface area contributed by atoms with Crippen molar-refractivity contribution in [3.05, 3.63) is 27.7 Å². The normalized spacial score (nSPS) is 17.3. The lowest BCUT2D eigenvalue weighted by atomic mass is 10.1. The van der Waals surface area contributed by atoms with E-state index < -0.39 is 10.0 Å². The van der Waals surface area contributed by atoms with Crippen molar-refractivity contribution in [3.63, 3.8) is 0 Å². The van der Waals surface area contributed by atoms with Gasteiger partial charge in [0.05, 0.1) is 5.02 Å². The molecular weight excluding hydrogens is 376 g/mol. The molecule has 118 valence electrons. The third-order valence-electron chi connectivity index (χ3n) is 3.66. The molecule has 0 atom stereocenters. The van der Waals surface area contributed by atoms with Gasteiger partial charge in [-0.3, -0.25) is 0 Å². The maximum atomic E-state index is 13.0. The van der Waals surface area contributed by atoms with Gasteiger partial charge in [0.2, 0.25) is 10.0 Å². The van der Waals surface area contributed by atoms with Crippen molar-refractivity contribution in [1.82, 2.24) is 9.62 Å². The molecule has 1 saturated heterocycles. The first kappa shape index (κ1) is 17.2. The summed E-state index contributed by atoms with van der Waals surface area (Å²) in [7, 11) is -3.57. The minimum atomic E-state index is -3.57. The third-order valence-corrected chi connectivity index (χ3v) is 7.07. The number of benzene rings is 1. The van der Waals surface area contributed by atoms with Crippen LogP contribution in [0.1, 0.15) is 26.2 Å². The Balaban J connectivity index is 2.39. The molecule has 1 fully saturated rings. The molecule has 0 radical (unpaired) electrons. The summed E-state index contributed by atoms with van der Waals surface area (Å²) in [6, 6.07) is 5.07. The van der Waals surface area contributed by atoms with Gasteiger partial charge in [-0.25, -0.2) is 8.42 Å². The summed E-state index contributed by atoms with van der Waals surface area (Å²) in [5.41, 5.74) is 0. The van der Waals surface area contributed by atoms with Crippen molar-refractivity contribution in [2.24, 2.45) is 0 Å². The Morgan fingerprint density at radius 1 is 1.38 bits per heavy atom. The molecule has 1 aromatic rings. The van der Waals surface area contributed by atoms with E-state index in [0.717, 1.165) is 32.4 Å². The van der Waals surface area contributed by atoms with E-state index in [9.17, 15) is 8.42 Å². The topological polar surface area (TPSA) is 49.4 Å². The van der Waals surface area contributed by atoms with Crippen LogP contribution in [0.25, 0.3) is 0 Å². The molecule has 0 spiro atoms. The number of halogens is 2. The Bertz CT molecular complexity index is 589. The van der Waals surface area contributed by atoms with Gasteiger partial charge in [-0.05, 0) is 60.4 Å². The maximum absolute atomic E-state index is 13.0. The van der Waals surface area contributed by atoms with E-state index >= 15 is 0 Å². The van der Waals surface area contributed by atoms with Crippen LogP contribution < -0.4 is 5.32 Å². The quantitative estimate of drug-likeness (QED) is 0.832. The summed E-state index contributed by atoms with van der Waals surface area (Å²) in [5, 5.41) is 3.53. The van der Waals surface area contributed by atoms with Crippen LogP contribution in [0.2, 0.25) is 5.02 Å². The van der Waals surface area contributed by atoms with E-state index in [1.54, 1.807) is 22.5 Å². The molecule has 2 rings (SSSR count). The lowest BCUT2D eigenvalue weighted by Gasteiger charge is -2.33. The summed E-state index contributed by atoms with van der Waals surface area (Å²) >= 11 is 9.49. The van der Waals surface area contributed by atoms with Crippen molar-refractivity contribution >= 4 is 37.6 Å². The molecule has 1 N–H and O–H groups in total. The fraction of sp³-hybridized carbons (Fsp3) is 0.571. The SMILES string of the molecule is CCCN(C1CCNCC1)S(=O)(=O)c1cccc(Br)c1Cl. The van der Waals surface area contributed by atoms with Crippen LogP contribution in [0.5, 0.6) is 0 Å². The Morgan fingerprint density at radius 2 is 2.05 bits per heavy atom. The first-order valence-electron chi connectivity index (χ1n) is 7.15. The van der Waals surface area contributed by atoms with Gasteiger partial charge in [0.15, 0.2) is 0 Å². The van der Waals surface area contributed by atoms with Crippen LogP contribution in [0.15, 0.2) is 27.6 Å². The van der Waals surface area contributed by atoms with Crippen LogP contribution >= 0.6 is 27.5 Å². The highest BCUT2D eigenvalue weighted by molar-refractivity contribution is 9.10. The van der Waals surface area contributed by atoms with Crippen LogP contribution in [0.4, 0.5) is 0 Å². The Hall–Kier alpha value is -0.140. The summed E-state index contributed by atoms with van der Waals surface area (Å²) in [5.74, 6) is 0. The van der Waals surface area contributed by atoms with E-state index in [-0.39, 0.29) is 16.0 Å². The average molecular weight is 396 g/mol. The molecule has 0 unspecified atom stereocenters. The van der Waals surface area contributed by atoms with E-state index in [4.69, 9.17) is 11.6 Å². The largest absolute Gasteiger partial charge is 0.317 e. The number of nitrogens with one attached hydrogen (secondary N) is 1. The predicted octanol–water partition coefficient (Wildman–Crippen LogP) is 3.26. The van der Waals surface area contributed by atoms with Gasteiger partial charge >= 0.3 is 0 Å². The number of piperidine rings is 1. The molecule has 0 saturated carbocycles. The molecular formula is C14H20BrClN2O2S. The van der Waals surface area contributed by atoms with Gasteiger partial charge in [-0.15, -0.1) is 0 Å². The highest BCUT2D eigenvalue weighted by Crippen LogP contribution is 2.32. The average Bonchev–Trinajstić information content (AvgIpc) is 2.48. The Morgan fingerprint density at radius 3 is 2.67 bits per heavy atom. The zero-order valence-electron chi connectivity index (χ0n) is 12.0. The second-order valence-corrected chi connectivity index (χ2v) is 8.24. The maximum Gasteiger partial charge on any atom is 0.244 e. The lowest BCUT2D eigenvalue weighted by molar-refractivity contribution is 0.262. The van der Waals surface area contributed by atoms with Crippen molar-refractivity contribution in [2.45, 2.75) is 37.1 Å². The number of sulfonamides is 1. The number of hydrogen-bond donors (Lipinski definition) is 1. The van der Waals surface area contributed by atoms with Crippen molar-refractivity contribution in [2.75, 3.05) is 19.6 Å². The first-order chi connectivity index (χ1) is 9.98. The zero-order valence-corrected chi connectivity index (χ0v) is 15.1. The monoisotopic (exact) mass is 394 g/mol. The smallest absolute Gasteiger partial charge is 0.244 e. The van der Waals surface area contributed by atoms with Crippen LogP contribution in [0, 0.1) is 0 Å². The first-order valence-corrected chi connectivity index (χ1v) is 9.76. The number of hydrogen-bond acceptors (Lipinski definition) is 3. The van der Waals surface area contributed by atoms with Gasteiger partial charge in [-0.2, -0.15) is 4.31 Å². The summed E-state index contributed by atoms with van der Waals surface area (Å²) < 4.78 is 28.2. The van der Waals surface area contributed by atoms with Crippen molar-refractivity contribution in [3.8, 4) is 0 Å². The summed E-state index contributed by atoms with van der Waals surface area (Å²) in [4.78, 5) is 0.186. The standard InChI is InChI=1S/C14H20BrClN2O2S/c1-2-10-18(11-6-8-17-9-7-11)21(19,20)13-5-3-4-12(15)14(13)16/h3-5,11,17H,2,6-10H2,1H3. The van der Waals surface area contributed by atoms with Crippen molar-refractivity contribution in [1.29, 1.82) is 0 Å². The van der Waals surface area contributed by atoms with Gasteiger partial charge in [-0.1, -0.05) is 24.6 Å². The fourth-order valence-electron chi connectivity index (χ4n) is 2.62. The Labute approximate surface area is 140 Å². The highest BCUT2D eigenvalue weighted by atomic mass is 79.9. The molecule has 1 aliphatic rings. The van der Waals surface area contributed by atoms with Crippen LogP contribution in [0.3, 0.4) is 0 Å².